The number of fused-ring (bicyclic) bond motifs is 1. The number of hydrogen-bond donors (Lipinski definition) is 0. The van der Waals surface area contributed by atoms with E-state index < -0.39 is 0 Å². The third kappa shape index (κ3) is 4.42. The molecular weight excluding hydrogens is 380 g/mol. The molecular formula is C22H30N6S. The van der Waals surface area contributed by atoms with Crippen LogP contribution in [0, 0.1) is 18.6 Å². The highest BCUT2D eigenvalue weighted by Gasteiger charge is 2.19. The Morgan fingerprint density at radius 3 is 2.28 bits per heavy atom. The van der Waals surface area contributed by atoms with Gasteiger partial charge in [0.05, 0.1) is 6.67 Å². The first-order valence-electron chi connectivity index (χ1n) is 10.4. The van der Waals surface area contributed by atoms with E-state index in [1.54, 1.807) is 0 Å². The van der Waals surface area contributed by atoms with E-state index in [-0.39, 0.29) is 0 Å². The molecule has 0 N–H and O–H groups in total. The SMILES string of the molecule is Cc1cc(C)n2c(n1)nc(=S)n2CN1CCN(Cc2ccc(C(C)C)cc2)CC1. The van der Waals surface area contributed by atoms with E-state index >= 15 is 0 Å². The van der Waals surface area contributed by atoms with Gasteiger partial charge in [0, 0.05) is 44.1 Å². The van der Waals surface area contributed by atoms with Crippen molar-refractivity contribution in [3.63, 3.8) is 0 Å². The molecule has 2 aromatic heterocycles. The van der Waals surface area contributed by atoms with E-state index in [0.29, 0.717) is 16.5 Å². The first-order chi connectivity index (χ1) is 13.9. The van der Waals surface area contributed by atoms with Gasteiger partial charge in [-0.2, -0.15) is 4.98 Å². The molecule has 1 saturated heterocycles. The lowest BCUT2D eigenvalue weighted by Crippen LogP contribution is -2.46. The first kappa shape index (κ1) is 20.2. The van der Waals surface area contributed by atoms with Crippen LogP contribution in [0.5, 0.6) is 0 Å². The molecule has 0 aliphatic carbocycles. The van der Waals surface area contributed by atoms with E-state index in [1.165, 1.54) is 11.1 Å². The molecule has 7 heteroatoms. The van der Waals surface area contributed by atoms with Gasteiger partial charge in [0.1, 0.15) is 0 Å². The van der Waals surface area contributed by atoms with Crippen LogP contribution < -0.4 is 0 Å². The Kier molecular flexibility index (Phi) is 5.81. The smallest absolute Gasteiger partial charge is 0.252 e. The Morgan fingerprint density at radius 2 is 1.62 bits per heavy atom. The van der Waals surface area contributed by atoms with Crippen molar-refractivity contribution < 1.29 is 0 Å². The molecule has 3 aromatic rings. The second-order valence-corrected chi connectivity index (χ2v) is 8.74. The summed E-state index contributed by atoms with van der Waals surface area (Å²) < 4.78 is 4.70. The van der Waals surface area contributed by atoms with E-state index in [0.717, 1.165) is 50.8 Å². The van der Waals surface area contributed by atoms with Gasteiger partial charge in [-0.05, 0) is 49.2 Å². The van der Waals surface area contributed by atoms with Crippen molar-refractivity contribution in [2.75, 3.05) is 26.2 Å². The van der Waals surface area contributed by atoms with Crippen LogP contribution in [-0.2, 0) is 13.2 Å². The maximum Gasteiger partial charge on any atom is 0.252 e. The number of nitrogens with zero attached hydrogens (tertiary/aromatic N) is 6. The molecule has 0 bridgehead atoms. The summed E-state index contributed by atoms with van der Waals surface area (Å²) in [6.45, 7) is 14.5. The molecule has 0 saturated carbocycles. The summed E-state index contributed by atoms with van der Waals surface area (Å²) in [5, 5.41) is 0. The molecule has 0 atom stereocenters. The van der Waals surface area contributed by atoms with Crippen LogP contribution >= 0.6 is 12.2 Å². The number of hydrogen-bond acceptors (Lipinski definition) is 5. The Labute approximate surface area is 177 Å². The van der Waals surface area contributed by atoms with Crippen LogP contribution in [0.15, 0.2) is 30.3 Å². The summed E-state index contributed by atoms with van der Waals surface area (Å²) in [6, 6.07) is 11.2. The third-order valence-corrected chi connectivity index (χ3v) is 6.03. The lowest BCUT2D eigenvalue weighted by molar-refractivity contribution is 0.0964. The van der Waals surface area contributed by atoms with Crippen molar-refractivity contribution in [2.45, 2.75) is 46.8 Å². The first-order valence-corrected chi connectivity index (χ1v) is 10.8. The van der Waals surface area contributed by atoms with Gasteiger partial charge in [-0.25, -0.2) is 14.2 Å². The zero-order valence-electron chi connectivity index (χ0n) is 17.8. The Balaban J connectivity index is 1.39. The van der Waals surface area contributed by atoms with Gasteiger partial charge in [-0.15, -0.1) is 0 Å². The van der Waals surface area contributed by atoms with Crippen molar-refractivity contribution in [3.8, 4) is 0 Å². The molecule has 1 fully saturated rings. The molecule has 1 aromatic carbocycles. The molecule has 6 nitrogen and oxygen atoms in total. The molecule has 154 valence electrons. The lowest BCUT2D eigenvalue weighted by atomic mass is 10.0. The van der Waals surface area contributed by atoms with Crippen molar-refractivity contribution in [1.29, 1.82) is 0 Å². The monoisotopic (exact) mass is 410 g/mol. The second-order valence-electron chi connectivity index (χ2n) is 8.38. The molecule has 0 unspecified atom stereocenters. The molecule has 4 rings (SSSR count). The lowest BCUT2D eigenvalue weighted by Gasteiger charge is -2.34. The van der Waals surface area contributed by atoms with Gasteiger partial charge < -0.3 is 0 Å². The zero-order valence-corrected chi connectivity index (χ0v) is 18.6. The van der Waals surface area contributed by atoms with Crippen molar-refractivity contribution in [3.05, 3.63) is 57.6 Å². The minimum Gasteiger partial charge on any atom is -0.297 e. The number of aromatic nitrogens is 4. The predicted octanol–water partition coefficient (Wildman–Crippen LogP) is 3.78. The molecule has 29 heavy (non-hydrogen) atoms. The van der Waals surface area contributed by atoms with Gasteiger partial charge in [-0.1, -0.05) is 38.1 Å². The number of rotatable bonds is 5. The fourth-order valence-corrected chi connectivity index (χ4v) is 4.25. The Hall–Kier alpha value is -2.09. The zero-order chi connectivity index (χ0) is 20.5. The summed E-state index contributed by atoms with van der Waals surface area (Å²) in [4.78, 5) is 14.0. The van der Waals surface area contributed by atoms with E-state index in [1.807, 2.05) is 11.4 Å². The quantitative estimate of drug-likeness (QED) is 0.599. The van der Waals surface area contributed by atoms with E-state index in [2.05, 4.69) is 75.6 Å². The molecule has 0 radical (unpaired) electrons. The van der Waals surface area contributed by atoms with Gasteiger partial charge in [0.2, 0.25) is 4.77 Å². The molecule has 0 amide bonds. The normalized spacial score (nSPS) is 16.2. The van der Waals surface area contributed by atoms with Gasteiger partial charge in [0.25, 0.3) is 5.78 Å². The topological polar surface area (TPSA) is 41.6 Å². The summed E-state index contributed by atoms with van der Waals surface area (Å²) in [6.07, 6.45) is 0. The highest BCUT2D eigenvalue weighted by atomic mass is 32.1. The Morgan fingerprint density at radius 1 is 0.966 bits per heavy atom. The fourth-order valence-electron chi connectivity index (χ4n) is 4.03. The summed E-state index contributed by atoms with van der Waals surface area (Å²) in [5.74, 6) is 1.28. The summed E-state index contributed by atoms with van der Waals surface area (Å²) in [5.41, 5.74) is 4.88. The van der Waals surface area contributed by atoms with E-state index in [9.17, 15) is 0 Å². The van der Waals surface area contributed by atoms with Gasteiger partial charge in [0.15, 0.2) is 0 Å². The molecule has 0 spiro atoms. The molecule has 1 aliphatic rings. The van der Waals surface area contributed by atoms with Crippen LogP contribution in [0.4, 0.5) is 0 Å². The standard InChI is InChI=1S/C22H30N6S/c1-16(2)20-7-5-19(6-8-20)14-25-9-11-26(12-10-25)15-27-22(29)24-21-23-17(3)13-18(4)28(21)27/h5-8,13,16H,9-12,14-15H2,1-4H3. The van der Waals surface area contributed by atoms with Crippen molar-refractivity contribution >= 4 is 18.0 Å². The van der Waals surface area contributed by atoms with Gasteiger partial charge in [-0.3, -0.25) is 9.80 Å². The minimum absolute atomic E-state index is 0.585. The van der Waals surface area contributed by atoms with Crippen LogP contribution in [0.3, 0.4) is 0 Å². The fraction of sp³-hybridized carbons (Fsp3) is 0.500. The maximum atomic E-state index is 5.52. The van der Waals surface area contributed by atoms with Crippen LogP contribution in [0.2, 0.25) is 0 Å². The van der Waals surface area contributed by atoms with Crippen molar-refractivity contribution in [2.24, 2.45) is 0 Å². The van der Waals surface area contributed by atoms with Crippen molar-refractivity contribution in [1.82, 2.24) is 29.0 Å². The molecule has 3 heterocycles. The summed E-state index contributed by atoms with van der Waals surface area (Å²) in [7, 11) is 0. The largest absolute Gasteiger partial charge is 0.297 e. The Bertz CT molecular complexity index is 1040. The van der Waals surface area contributed by atoms with Crippen LogP contribution in [0.25, 0.3) is 5.78 Å². The third-order valence-electron chi connectivity index (χ3n) is 5.73. The van der Waals surface area contributed by atoms with Gasteiger partial charge >= 0.3 is 0 Å². The van der Waals surface area contributed by atoms with Crippen LogP contribution in [-0.4, -0.2) is 55.1 Å². The second kappa shape index (κ2) is 8.34. The minimum atomic E-state index is 0.585. The summed E-state index contributed by atoms with van der Waals surface area (Å²) >= 11 is 5.52. The average Bonchev–Trinajstić information content (AvgIpc) is 2.99. The number of piperazine rings is 1. The van der Waals surface area contributed by atoms with Crippen LogP contribution in [0.1, 0.15) is 42.3 Å². The highest BCUT2D eigenvalue weighted by molar-refractivity contribution is 7.71. The molecule has 1 aliphatic heterocycles. The number of aryl methyl sites for hydroxylation is 2. The number of benzene rings is 1. The average molecular weight is 411 g/mol. The maximum absolute atomic E-state index is 5.52. The van der Waals surface area contributed by atoms with E-state index in [4.69, 9.17) is 12.2 Å². The predicted molar refractivity (Wildman–Crippen MR) is 119 cm³/mol. The highest BCUT2D eigenvalue weighted by Crippen LogP contribution is 2.16.